The molecule has 1 fully saturated rings. The quantitative estimate of drug-likeness (QED) is 0.880. The molecule has 2 amide bonds. The predicted molar refractivity (Wildman–Crippen MR) is 90.6 cm³/mol. The van der Waals surface area contributed by atoms with E-state index in [1.54, 1.807) is 22.7 Å². The van der Waals surface area contributed by atoms with Crippen LogP contribution in [0.4, 0.5) is 4.79 Å². The van der Waals surface area contributed by atoms with Gasteiger partial charge in [0.05, 0.1) is 6.54 Å². The lowest BCUT2D eigenvalue weighted by Gasteiger charge is -2.36. The Morgan fingerprint density at radius 1 is 1.14 bits per heavy atom. The third-order valence-electron chi connectivity index (χ3n) is 4.08. The molecular formula is C16H20N2O2S2. The highest BCUT2D eigenvalue weighted by molar-refractivity contribution is 7.10. The summed E-state index contributed by atoms with van der Waals surface area (Å²) in [6.07, 6.45) is 1.91. The third kappa shape index (κ3) is 3.69. The van der Waals surface area contributed by atoms with Crippen LogP contribution in [0.1, 0.15) is 22.6 Å². The normalized spacial score (nSPS) is 17.1. The number of thiophene rings is 2. The summed E-state index contributed by atoms with van der Waals surface area (Å²) in [7, 11) is 0. The van der Waals surface area contributed by atoms with E-state index < -0.39 is 0 Å². The van der Waals surface area contributed by atoms with Gasteiger partial charge in [0, 0.05) is 34.9 Å². The van der Waals surface area contributed by atoms with E-state index in [0.717, 1.165) is 30.9 Å². The molecule has 3 rings (SSSR count). The Labute approximate surface area is 138 Å². The molecule has 0 aliphatic carbocycles. The number of hydrogen-bond acceptors (Lipinski definition) is 4. The molecule has 0 unspecified atom stereocenters. The number of hydrogen-bond donors (Lipinski definition) is 2. The minimum absolute atomic E-state index is 0.0205. The van der Waals surface area contributed by atoms with Crippen molar-refractivity contribution < 1.29 is 9.53 Å². The average molecular weight is 336 g/mol. The number of urea groups is 1. The fourth-order valence-electron chi connectivity index (χ4n) is 2.75. The lowest BCUT2D eigenvalue weighted by atomic mass is 9.78. The first-order chi connectivity index (χ1) is 10.8. The standard InChI is InChI=1S/C16H20N2O2S2/c19-15(17-11-13-3-1-9-21-13)18-12-16(5-7-20-8-6-16)14-4-2-10-22-14/h1-4,9-10H,5-8,11-12H2,(H2,17,18,19). The molecule has 1 aliphatic rings. The zero-order chi connectivity index (χ0) is 15.3. The molecule has 0 atom stereocenters. The van der Waals surface area contributed by atoms with Crippen molar-refractivity contribution in [2.75, 3.05) is 19.8 Å². The van der Waals surface area contributed by atoms with Crippen LogP contribution < -0.4 is 10.6 Å². The molecule has 4 nitrogen and oxygen atoms in total. The van der Waals surface area contributed by atoms with Gasteiger partial charge in [-0.2, -0.15) is 0 Å². The molecule has 118 valence electrons. The molecule has 0 saturated carbocycles. The Balaban J connectivity index is 1.56. The lowest BCUT2D eigenvalue weighted by molar-refractivity contribution is 0.0519. The molecular weight excluding hydrogens is 316 g/mol. The second-order valence-electron chi connectivity index (χ2n) is 5.49. The summed E-state index contributed by atoms with van der Waals surface area (Å²) >= 11 is 3.42. The summed E-state index contributed by atoms with van der Waals surface area (Å²) in [6, 6.07) is 8.16. The first-order valence-electron chi connectivity index (χ1n) is 7.44. The van der Waals surface area contributed by atoms with Crippen molar-refractivity contribution in [1.29, 1.82) is 0 Å². The molecule has 0 spiro atoms. The van der Waals surface area contributed by atoms with E-state index in [4.69, 9.17) is 4.74 Å². The van der Waals surface area contributed by atoms with Crippen molar-refractivity contribution in [2.24, 2.45) is 0 Å². The molecule has 2 N–H and O–H groups in total. The first-order valence-corrected chi connectivity index (χ1v) is 9.20. The predicted octanol–water partition coefficient (Wildman–Crippen LogP) is 3.36. The molecule has 0 radical (unpaired) electrons. The molecule has 1 saturated heterocycles. The number of carbonyl (C=O) groups is 1. The van der Waals surface area contributed by atoms with Gasteiger partial charge in [-0.05, 0) is 35.7 Å². The molecule has 2 aromatic heterocycles. The van der Waals surface area contributed by atoms with Gasteiger partial charge in [-0.1, -0.05) is 12.1 Å². The largest absolute Gasteiger partial charge is 0.381 e. The van der Waals surface area contributed by atoms with Crippen molar-refractivity contribution >= 4 is 28.7 Å². The topological polar surface area (TPSA) is 50.4 Å². The van der Waals surface area contributed by atoms with Crippen LogP contribution in [0.2, 0.25) is 0 Å². The van der Waals surface area contributed by atoms with Crippen LogP contribution in [-0.4, -0.2) is 25.8 Å². The number of nitrogens with one attached hydrogen (secondary N) is 2. The van der Waals surface area contributed by atoms with Gasteiger partial charge in [0.1, 0.15) is 0 Å². The van der Waals surface area contributed by atoms with Crippen molar-refractivity contribution in [3.05, 3.63) is 44.8 Å². The summed E-state index contributed by atoms with van der Waals surface area (Å²) < 4.78 is 5.50. The second-order valence-corrected chi connectivity index (χ2v) is 7.47. The number of rotatable bonds is 5. The summed E-state index contributed by atoms with van der Waals surface area (Å²) in [6.45, 7) is 2.76. The van der Waals surface area contributed by atoms with E-state index in [1.807, 2.05) is 17.5 Å². The number of carbonyl (C=O) groups excluding carboxylic acids is 1. The fraction of sp³-hybridized carbons (Fsp3) is 0.438. The van der Waals surface area contributed by atoms with Gasteiger partial charge in [-0.25, -0.2) is 4.79 Å². The molecule has 0 aromatic carbocycles. The van der Waals surface area contributed by atoms with Gasteiger partial charge in [0.25, 0.3) is 0 Å². The third-order valence-corrected chi connectivity index (χ3v) is 6.08. The van der Waals surface area contributed by atoms with Gasteiger partial charge < -0.3 is 15.4 Å². The first kappa shape index (κ1) is 15.5. The van der Waals surface area contributed by atoms with Crippen LogP contribution in [0.25, 0.3) is 0 Å². The van der Waals surface area contributed by atoms with Gasteiger partial charge >= 0.3 is 6.03 Å². The zero-order valence-electron chi connectivity index (χ0n) is 12.3. The van der Waals surface area contributed by atoms with E-state index in [-0.39, 0.29) is 11.4 Å². The Hall–Kier alpha value is -1.37. The minimum atomic E-state index is -0.101. The van der Waals surface area contributed by atoms with E-state index in [0.29, 0.717) is 13.1 Å². The van der Waals surface area contributed by atoms with Gasteiger partial charge in [-0.3, -0.25) is 0 Å². The maximum absolute atomic E-state index is 12.0. The van der Waals surface area contributed by atoms with Crippen molar-refractivity contribution in [3.63, 3.8) is 0 Å². The molecule has 2 aromatic rings. The second kappa shape index (κ2) is 7.26. The monoisotopic (exact) mass is 336 g/mol. The van der Waals surface area contributed by atoms with Crippen molar-refractivity contribution in [2.45, 2.75) is 24.8 Å². The van der Waals surface area contributed by atoms with Crippen LogP contribution in [0, 0.1) is 0 Å². The number of ether oxygens (including phenoxy) is 1. The fourth-order valence-corrected chi connectivity index (χ4v) is 4.38. The Morgan fingerprint density at radius 2 is 1.91 bits per heavy atom. The van der Waals surface area contributed by atoms with Gasteiger partial charge in [0.15, 0.2) is 0 Å². The van der Waals surface area contributed by atoms with E-state index in [1.165, 1.54) is 4.88 Å². The number of amides is 2. The molecule has 0 bridgehead atoms. The molecule has 22 heavy (non-hydrogen) atoms. The van der Waals surface area contributed by atoms with E-state index in [2.05, 4.69) is 28.1 Å². The SMILES string of the molecule is O=C(NCc1cccs1)NCC1(c2cccs2)CCOCC1. The minimum Gasteiger partial charge on any atom is -0.381 e. The van der Waals surface area contributed by atoms with Crippen LogP contribution in [0.15, 0.2) is 35.0 Å². The maximum atomic E-state index is 12.0. The van der Waals surface area contributed by atoms with Crippen molar-refractivity contribution in [3.8, 4) is 0 Å². The highest BCUT2D eigenvalue weighted by atomic mass is 32.1. The van der Waals surface area contributed by atoms with E-state index in [9.17, 15) is 4.79 Å². The Kier molecular flexibility index (Phi) is 5.12. The molecule has 6 heteroatoms. The highest BCUT2D eigenvalue weighted by Crippen LogP contribution is 2.36. The van der Waals surface area contributed by atoms with Gasteiger partial charge in [-0.15, -0.1) is 22.7 Å². The summed E-state index contributed by atoms with van der Waals surface area (Å²) in [5.41, 5.74) is 0.0205. The Morgan fingerprint density at radius 3 is 2.59 bits per heavy atom. The van der Waals surface area contributed by atoms with Gasteiger partial charge in [0.2, 0.25) is 0 Å². The summed E-state index contributed by atoms with van der Waals surface area (Å²) in [5, 5.41) is 10.1. The summed E-state index contributed by atoms with van der Waals surface area (Å²) in [4.78, 5) is 14.6. The molecule has 3 heterocycles. The smallest absolute Gasteiger partial charge is 0.315 e. The lowest BCUT2D eigenvalue weighted by Crippen LogP contribution is -2.46. The Bertz CT molecular complexity index is 575. The van der Waals surface area contributed by atoms with Crippen molar-refractivity contribution in [1.82, 2.24) is 10.6 Å². The maximum Gasteiger partial charge on any atom is 0.315 e. The van der Waals surface area contributed by atoms with Crippen LogP contribution >= 0.6 is 22.7 Å². The average Bonchev–Trinajstić information content (AvgIpc) is 3.25. The zero-order valence-corrected chi connectivity index (χ0v) is 14.0. The highest BCUT2D eigenvalue weighted by Gasteiger charge is 2.35. The summed E-state index contributed by atoms with van der Waals surface area (Å²) in [5.74, 6) is 0. The molecule has 1 aliphatic heterocycles. The van der Waals surface area contributed by atoms with Crippen LogP contribution in [0.5, 0.6) is 0 Å². The van der Waals surface area contributed by atoms with E-state index >= 15 is 0 Å². The van der Waals surface area contributed by atoms with Crippen LogP contribution in [0.3, 0.4) is 0 Å². The van der Waals surface area contributed by atoms with Crippen LogP contribution in [-0.2, 0) is 16.7 Å².